The molecule has 118 valence electrons. The van der Waals surface area contributed by atoms with Gasteiger partial charge in [0.2, 0.25) is 5.91 Å². The van der Waals surface area contributed by atoms with E-state index in [9.17, 15) is 9.59 Å². The summed E-state index contributed by atoms with van der Waals surface area (Å²) >= 11 is 0. The van der Waals surface area contributed by atoms with Gasteiger partial charge in [0.25, 0.3) is 0 Å². The number of carbonyl (C=O) groups excluding carboxylic acids is 1. The van der Waals surface area contributed by atoms with E-state index in [1.807, 2.05) is 12.1 Å². The van der Waals surface area contributed by atoms with Gasteiger partial charge in [-0.05, 0) is 43.4 Å². The maximum atomic E-state index is 12.5. The molecule has 3 atom stereocenters. The van der Waals surface area contributed by atoms with E-state index in [2.05, 4.69) is 16.9 Å². The van der Waals surface area contributed by atoms with Gasteiger partial charge in [0.15, 0.2) is 0 Å². The third kappa shape index (κ3) is 4.16. The summed E-state index contributed by atoms with van der Waals surface area (Å²) < 4.78 is 0. The molecule has 5 nitrogen and oxygen atoms in total. The topological polar surface area (TPSA) is 79.3 Å². The molecule has 1 heterocycles. The Hall–Kier alpha value is -2.17. The Kier molecular flexibility index (Phi) is 5.69. The zero-order valence-corrected chi connectivity index (χ0v) is 12.6. The van der Waals surface area contributed by atoms with Gasteiger partial charge < -0.3 is 10.4 Å². The van der Waals surface area contributed by atoms with Crippen molar-refractivity contribution in [2.45, 2.75) is 38.1 Å². The summed E-state index contributed by atoms with van der Waals surface area (Å²) in [7, 11) is 0. The van der Waals surface area contributed by atoms with Gasteiger partial charge in [-0.3, -0.25) is 14.6 Å². The van der Waals surface area contributed by atoms with Crippen LogP contribution in [-0.2, 0) is 9.59 Å². The number of amides is 1. The molecule has 0 saturated heterocycles. The van der Waals surface area contributed by atoms with Crippen LogP contribution in [0.3, 0.4) is 0 Å². The first-order chi connectivity index (χ1) is 10.6. The molecule has 1 fully saturated rings. The Labute approximate surface area is 130 Å². The molecule has 1 aliphatic carbocycles. The molecule has 1 aromatic heterocycles. The SMILES string of the molecule is C=CCC(NC(=O)[C@@H]1CCC[C@H](C(=O)O)C1)c1ccncc1. The van der Waals surface area contributed by atoms with Crippen molar-refractivity contribution in [1.29, 1.82) is 0 Å². The van der Waals surface area contributed by atoms with E-state index in [4.69, 9.17) is 5.11 Å². The van der Waals surface area contributed by atoms with E-state index in [0.29, 0.717) is 19.3 Å². The maximum absolute atomic E-state index is 12.5. The third-order valence-corrected chi connectivity index (χ3v) is 4.22. The fraction of sp³-hybridized carbons (Fsp3) is 0.471. The first-order valence-corrected chi connectivity index (χ1v) is 7.65. The number of carboxylic acids is 1. The minimum Gasteiger partial charge on any atom is -0.481 e. The van der Waals surface area contributed by atoms with Gasteiger partial charge in [0.05, 0.1) is 12.0 Å². The predicted octanol–water partition coefficient (Wildman–Crippen LogP) is 2.71. The molecule has 1 aromatic rings. The lowest BCUT2D eigenvalue weighted by atomic mass is 9.81. The highest BCUT2D eigenvalue weighted by atomic mass is 16.4. The Bertz CT molecular complexity index is 530. The summed E-state index contributed by atoms with van der Waals surface area (Å²) in [5.74, 6) is -1.48. The molecule has 22 heavy (non-hydrogen) atoms. The standard InChI is InChI=1S/C17H22N2O3/c1-2-4-15(12-7-9-18-10-8-12)19-16(20)13-5-3-6-14(11-13)17(21)22/h2,7-10,13-15H,1,3-6,11H2,(H,19,20)(H,21,22)/t13-,14+,15?/m1/s1. The van der Waals surface area contributed by atoms with E-state index in [1.54, 1.807) is 18.5 Å². The van der Waals surface area contributed by atoms with Crippen molar-refractivity contribution in [3.05, 3.63) is 42.7 Å². The highest BCUT2D eigenvalue weighted by molar-refractivity contribution is 5.80. The number of carboxylic acid groups (broad SMARTS) is 1. The molecule has 1 unspecified atom stereocenters. The van der Waals surface area contributed by atoms with Gasteiger partial charge in [-0.2, -0.15) is 0 Å². The van der Waals surface area contributed by atoms with Crippen LogP contribution in [-0.4, -0.2) is 22.0 Å². The van der Waals surface area contributed by atoms with Crippen LogP contribution in [0, 0.1) is 11.8 Å². The lowest BCUT2D eigenvalue weighted by Crippen LogP contribution is -2.37. The largest absolute Gasteiger partial charge is 0.481 e. The minimum atomic E-state index is -0.797. The van der Waals surface area contributed by atoms with Crippen LogP contribution in [0.5, 0.6) is 0 Å². The highest BCUT2D eigenvalue weighted by Gasteiger charge is 2.31. The molecule has 0 spiro atoms. The van der Waals surface area contributed by atoms with Crippen LogP contribution in [0.4, 0.5) is 0 Å². The number of carbonyl (C=O) groups is 2. The average molecular weight is 302 g/mol. The van der Waals surface area contributed by atoms with Crippen molar-refractivity contribution >= 4 is 11.9 Å². The Morgan fingerprint density at radius 1 is 1.36 bits per heavy atom. The van der Waals surface area contributed by atoms with Crippen LogP contribution >= 0.6 is 0 Å². The zero-order valence-electron chi connectivity index (χ0n) is 12.6. The van der Waals surface area contributed by atoms with Crippen LogP contribution in [0.25, 0.3) is 0 Å². The fourth-order valence-electron chi connectivity index (χ4n) is 2.98. The van der Waals surface area contributed by atoms with Crippen molar-refractivity contribution in [2.75, 3.05) is 0 Å². The second-order valence-corrected chi connectivity index (χ2v) is 5.76. The number of aromatic nitrogens is 1. The second-order valence-electron chi connectivity index (χ2n) is 5.76. The molecule has 2 rings (SSSR count). The minimum absolute atomic E-state index is 0.0605. The number of aliphatic carboxylic acids is 1. The summed E-state index contributed by atoms with van der Waals surface area (Å²) in [6.07, 6.45) is 8.43. The highest BCUT2D eigenvalue weighted by Crippen LogP contribution is 2.30. The van der Waals surface area contributed by atoms with Gasteiger partial charge in [0, 0.05) is 18.3 Å². The Morgan fingerprint density at radius 2 is 2.05 bits per heavy atom. The molecule has 0 aromatic carbocycles. The van der Waals surface area contributed by atoms with E-state index in [1.165, 1.54) is 0 Å². The van der Waals surface area contributed by atoms with E-state index >= 15 is 0 Å². The van der Waals surface area contributed by atoms with Crippen LogP contribution in [0.2, 0.25) is 0 Å². The second kappa shape index (κ2) is 7.73. The first-order valence-electron chi connectivity index (χ1n) is 7.65. The molecule has 0 aliphatic heterocycles. The van der Waals surface area contributed by atoms with Crippen molar-refractivity contribution in [3.63, 3.8) is 0 Å². The molecule has 2 N–H and O–H groups in total. The van der Waals surface area contributed by atoms with Gasteiger partial charge in [-0.1, -0.05) is 12.5 Å². The molecule has 1 saturated carbocycles. The third-order valence-electron chi connectivity index (χ3n) is 4.22. The number of pyridine rings is 1. The molecule has 0 radical (unpaired) electrons. The lowest BCUT2D eigenvalue weighted by Gasteiger charge is -2.27. The van der Waals surface area contributed by atoms with E-state index in [-0.39, 0.29) is 17.9 Å². The quantitative estimate of drug-likeness (QED) is 0.792. The maximum Gasteiger partial charge on any atom is 0.306 e. The van der Waals surface area contributed by atoms with Gasteiger partial charge in [-0.25, -0.2) is 0 Å². The summed E-state index contributed by atoms with van der Waals surface area (Å²) in [4.78, 5) is 27.6. The van der Waals surface area contributed by atoms with Crippen molar-refractivity contribution in [1.82, 2.24) is 10.3 Å². The van der Waals surface area contributed by atoms with Gasteiger partial charge in [-0.15, -0.1) is 6.58 Å². The average Bonchev–Trinajstić information content (AvgIpc) is 2.55. The van der Waals surface area contributed by atoms with Crippen molar-refractivity contribution in [3.8, 4) is 0 Å². The number of rotatable bonds is 6. The summed E-state index contributed by atoms with van der Waals surface area (Å²) in [6, 6.07) is 3.60. The number of hydrogen-bond donors (Lipinski definition) is 2. The number of nitrogens with one attached hydrogen (secondary N) is 1. The molecular formula is C17H22N2O3. The summed E-state index contributed by atoms with van der Waals surface area (Å²) in [6.45, 7) is 3.74. The smallest absolute Gasteiger partial charge is 0.306 e. The monoisotopic (exact) mass is 302 g/mol. The van der Waals surface area contributed by atoms with Crippen LogP contribution in [0.1, 0.15) is 43.7 Å². The summed E-state index contributed by atoms with van der Waals surface area (Å²) in [5, 5.41) is 12.2. The van der Waals surface area contributed by atoms with Crippen molar-refractivity contribution < 1.29 is 14.7 Å². The Morgan fingerprint density at radius 3 is 2.68 bits per heavy atom. The molecule has 1 aliphatic rings. The molecular weight excluding hydrogens is 280 g/mol. The lowest BCUT2D eigenvalue weighted by molar-refractivity contribution is -0.144. The van der Waals surface area contributed by atoms with Gasteiger partial charge in [0.1, 0.15) is 0 Å². The van der Waals surface area contributed by atoms with Crippen LogP contribution < -0.4 is 5.32 Å². The normalized spacial score (nSPS) is 22.5. The van der Waals surface area contributed by atoms with E-state index in [0.717, 1.165) is 18.4 Å². The molecule has 1 amide bonds. The Balaban J connectivity index is 2.02. The predicted molar refractivity (Wildman–Crippen MR) is 83.0 cm³/mol. The van der Waals surface area contributed by atoms with Crippen LogP contribution in [0.15, 0.2) is 37.2 Å². The fourth-order valence-corrected chi connectivity index (χ4v) is 2.98. The van der Waals surface area contributed by atoms with Gasteiger partial charge >= 0.3 is 5.97 Å². The first kappa shape index (κ1) is 16.2. The van der Waals surface area contributed by atoms with Crippen molar-refractivity contribution in [2.24, 2.45) is 11.8 Å². The summed E-state index contributed by atoms with van der Waals surface area (Å²) in [5.41, 5.74) is 0.980. The number of hydrogen-bond acceptors (Lipinski definition) is 3. The number of nitrogens with zero attached hydrogens (tertiary/aromatic N) is 1. The molecule has 0 bridgehead atoms. The molecule has 5 heteroatoms. The van der Waals surface area contributed by atoms with E-state index < -0.39 is 11.9 Å². The zero-order chi connectivity index (χ0) is 15.9.